The quantitative estimate of drug-likeness (QED) is 0.664. The van der Waals surface area contributed by atoms with E-state index < -0.39 is 5.97 Å². The highest BCUT2D eigenvalue weighted by molar-refractivity contribution is 5.98. The number of nitrogens with one attached hydrogen (secondary N) is 2. The van der Waals surface area contributed by atoms with E-state index >= 15 is 0 Å². The summed E-state index contributed by atoms with van der Waals surface area (Å²) in [4.78, 5) is 28.0. The van der Waals surface area contributed by atoms with Gasteiger partial charge in [-0.1, -0.05) is 0 Å². The van der Waals surface area contributed by atoms with Gasteiger partial charge in [-0.25, -0.2) is 14.6 Å². The van der Waals surface area contributed by atoms with Gasteiger partial charge in [-0.15, -0.1) is 0 Å². The van der Waals surface area contributed by atoms with Crippen molar-refractivity contribution in [3.05, 3.63) is 24.0 Å². The Hall–Kier alpha value is -2.15. The topological polar surface area (TPSA) is 94.6 Å². The Labute approximate surface area is 111 Å². The predicted molar refractivity (Wildman–Crippen MR) is 71.4 cm³/mol. The van der Waals surface area contributed by atoms with Gasteiger partial charge in [-0.3, -0.25) is 0 Å². The van der Waals surface area contributed by atoms with E-state index in [9.17, 15) is 9.59 Å². The summed E-state index contributed by atoms with van der Waals surface area (Å²) in [5.41, 5.74) is 0.0277. The first-order chi connectivity index (χ1) is 9.06. The third-order valence-corrected chi connectivity index (χ3v) is 2.52. The SMILES string of the molecule is CNCCCN(C)C(=O)Nc1cccnc1C(=O)O. The largest absolute Gasteiger partial charge is 0.476 e. The van der Waals surface area contributed by atoms with E-state index in [-0.39, 0.29) is 17.4 Å². The van der Waals surface area contributed by atoms with E-state index in [4.69, 9.17) is 5.11 Å². The van der Waals surface area contributed by atoms with Gasteiger partial charge in [0.2, 0.25) is 0 Å². The van der Waals surface area contributed by atoms with E-state index in [1.54, 1.807) is 13.1 Å². The summed E-state index contributed by atoms with van der Waals surface area (Å²) >= 11 is 0. The Morgan fingerprint density at radius 2 is 2.21 bits per heavy atom. The van der Waals surface area contributed by atoms with Crippen molar-refractivity contribution < 1.29 is 14.7 Å². The van der Waals surface area contributed by atoms with E-state index in [2.05, 4.69) is 15.6 Å². The number of aromatic nitrogens is 1. The van der Waals surface area contributed by atoms with Crippen LogP contribution < -0.4 is 10.6 Å². The van der Waals surface area contributed by atoms with Crippen molar-refractivity contribution >= 4 is 17.7 Å². The molecular weight excluding hydrogens is 248 g/mol. The van der Waals surface area contributed by atoms with Crippen molar-refractivity contribution in [1.29, 1.82) is 0 Å². The van der Waals surface area contributed by atoms with Gasteiger partial charge in [-0.2, -0.15) is 0 Å². The van der Waals surface area contributed by atoms with Crippen LogP contribution in [0.1, 0.15) is 16.9 Å². The van der Waals surface area contributed by atoms with E-state index in [1.165, 1.54) is 17.2 Å². The van der Waals surface area contributed by atoms with Crippen molar-refractivity contribution in [3.8, 4) is 0 Å². The fourth-order valence-electron chi connectivity index (χ4n) is 1.48. The summed E-state index contributed by atoms with van der Waals surface area (Å²) < 4.78 is 0. The number of anilines is 1. The highest BCUT2D eigenvalue weighted by Gasteiger charge is 2.15. The molecule has 0 fully saturated rings. The molecule has 0 saturated heterocycles. The Bertz CT molecular complexity index is 450. The summed E-state index contributed by atoms with van der Waals surface area (Å²) in [6, 6.07) is 2.73. The predicted octanol–water partition coefficient (Wildman–Crippen LogP) is 0.853. The number of carboxylic acids is 1. The maximum atomic E-state index is 11.9. The third kappa shape index (κ3) is 4.55. The van der Waals surface area contributed by atoms with Crippen molar-refractivity contribution in [2.24, 2.45) is 0 Å². The van der Waals surface area contributed by atoms with Crippen LogP contribution in [0.25, 0.3) is 0 Å². The van der Waals surface area contributed by atoms with Gasteiger partial charge in [0.1, 0.15) is 0 Å². The second-order valence-corrected chi connectivity index (χ2v) is 4.01. The van der Waals surface area contributed by atoms with Gasteiger partial charge >= 0.3 is 12.0 Å². The average molecular weight is 266 g/mol. The van der Waals surface area contributed by atoms with Crippen molar-refractivity contribution in [1.82, 2.24) is 15.2 Å². The number of nitrogens with zero attached hydrogens (tertiary/aromatic N) is 2. The van der Waals surface area contributed by atoms with Gasteiger partial charge < -0.3 is 20.6 Å². The lowest BCUT2D eigenvalue weighted by molar-refractivity contribution is 0.0691. The Morgan fingerprint density at radius 3 is 2.84 bits per heavy atom. The molecule has 0 bridgehead atoms. The van der Waals surface area contributed by atoms with Gasteiger partial charge in [-0.05, 0) is 32.1 Å². The van der Waals surface area contributed by atoms with Crippen LogP contribution in [0, 0.1) is 0 Å². The number of carboxylic acid groups (broad SMARTS) is 1. The van der Waals surface area contributed by atoms with Crippen molar-refractivity contribution in [2.75, 3.05) is 32.5 Å². The smallest absolute Gasteiger partial charge is 0.356 e. The van der Waals surface area contributed by atoms with Crippen LogP contribution in [0.5, 0.6) is 0 Å². The molecule has 3 N–H and O–H groups in total. The number of hydrogen-bond donors (Lipinski definition) is 3. The minimum absolute atomic E-state index is 0.167. The lowest BCUT2D eigenvalue weighted by Gasteiger charge is -2.18. The van der Waals surface area contributed by atoms with Gasteiger partial charge in [0.15, 0.2) is 5.69 Å². The number of rotatable bonds is 6. The molecule has 19 heavy (non-hydrogen) atoms. The zero-order valence-corrected chi connectivity index (χ0v) is 11.0. The van der Waals surface area contributed by atoms with E-state index in [0.717, 1.165) is 13.0 Å². The molecular formula is C12H18N4O3. The summed E-state index contributed by atoms with van der Waals surface area (Å²) in [6.07, 6.45) is 2.19. The molecule has 2 amide bonds. The number of carbonyl (C=O) groups excluding carboxylic acids is 1. The lowest BCUT2D eigenvalue weighted by atomic mass is 10.3. The summed E-state index contributed by atoms with van der Waals surface area (Å²) in [6.45, 7) is 1.39. The molecule has 0 aliphatic carbocycles. The highest BCUT2D eigenvalue weighted by atomic mass is 16.4. The molecule has 0 radical (unpaired) electrons. The molecule has 1 aromatic rings. The van der Waals surface area contributed by atoms with Crippen molar-refractivity contribution in [2.45, 2.75) is 6.42 Å². The van der Waals surface area contributed by atoms with Gasteiger partial charge in [0, 0.05) is 19.8 Å². The molecule has 0 unspecified atom stereocenters. The molecule has 1 rings (SSSR count). The van der Waals surface area contributed by atoms with Gasteiger partial charge in [0.05, 0.1) is 5.69 Å². The first kappa shape index (κ1) is 14.9. The standard InChI is InChI=1S/C12H18N4O3/c1-13-6-4-8-16(2)12(19)15-9-5-3-7-14-10(9)11(17)18/h3,5,7,13H,4,6,8H2,1-2H3,(H,15,19)(H,17,18). The molecule has 0 aromatic carbocycles. The van der Waals surface area contributed by atoms with Crippen LogP contribution in [-0.4, -0.2) is 54.2 Å². The molecule has 0 spiro atoms. The molecule has 104 valence electrons. The highest BCUT2D eigenvalue weighted by Crippen LogP contribution is 2.12. The monoisotopic (exact) mass is 266 g/mol. The van der Waals surface area contributed by atoms with Gasteiger partial charge in [0.25, 0.3) is 0 Å². The molecule has 7 heteroatoms. The van der Waals surface area contributed by atoms with Crippen LogP contribution >= 0.6 is 0 Å². The number of urea groups is 1. The Kier molecular flexibility index (Phi) is 5.74. The molecule has 7 nitrogen and oxygen atoms in total. The molecule has 1 aromatic heterocycles. The third-order valence-electron chi connectivity index (χ3n) is 2.52. The fourth-order valence-corrected chi connectivity index (χ4v) is 1.48. The maximum absolute atomic E-state index is 11.9. The molecule has 0 aliphatic heterocycles. The zero-order valence-electron chi connectivity index (χ0n) is 11.0. The summed E-state index contributed by atoms with van der Waals surface area (Å²) in [7, 11) is 3.50. The Morgan fingerprint density at radius 1 is 1.47 bits per heavy atom. The first-order valence-corrected chi connectivity index (χ1v) is 5.91. The second kappa shape index (κ2) is 7.32. The number of carbonyl (C=O) groups is 2. The molecule has 1 heterocycles. The fraction of sp³-hybridized carbons (Fsp3) is 0.417. The summed E-state index contributed by atoms with van der Waals surface area (Å²) in [5.74, 6) is -1.17. The second-order valence-electron chi connectivity index (χ2n) is 4.01. The molecule has 0 aliphatic rings. The van der Waals surface area contributed by atoms with Crippen LogP contribution in [0.2, 0.25) is 0 Å². The van der Waals surface area contributed by atoms with Crippen molar-refractivity contribution in [3.63, 3.8) is 0 Å². The molecule has 0 atom stereocenters. The number of amides is 2. The number of hydrogen-bond acceptors (Lipinski definition) is 4. The first-order valence-electron chi connectivity index (χ1n) is 5.91. The van der Waals surface area contributed by atoms with E-state index in [1.807, 2.05) is 7.05 Å². The minimum atomic E-state index is -1.17. The lowest BCUT2D eigenvalue weighted by Crippen LogP contribution is -2.33. The summed E-state index contributed by atoms with van der Waals surface area (Å²) in [5, 5.41) is 14.5. The average Bonchev–Trinajstić information content (AvgIpc) is 2.39. The number of pyridine rings is 1. The maximum Gasteiger partial charge on any atom is 0.356 e. The minimum Gasteiger partial charge on any atom is -0.476 e. The van der Waals surface area contributed by atoms with E-state index in [0.29, 0.717) is 6.54 Å². The van der Waals surface area contributed by atoms with Crippen LogP contribution in [0.3, 0.4) is 0 Å². The van der Waals surface area contributed by atoms with Crippen LogP contribution in [0.4, 0.5) is 10.5 Å². The zero-order chi connectivity index (χ0) is 14.3. The number of aromatic carboxylic acids is 1. The Balaban J connectivity index is 2.64. The molecule has 0 saturated carbocycles. The van der Waals surface area contributed by atoms with Crippen LogP contribution in [0.15, 0.2) is 18.3 Å². The van der Waals surface area contributed by atoms with Crippen LogP contribution in [-0.2, 0) is 0 Å². The normalized spacial score (nSPS) is 10.0.